The van der Waals surface area contributed by atoms with E-state index in [0.717, 1.165) is 39.3 Å². The Morgan fingerprint density at radius 3 is 2.47 bits per heavy atom. The molecular weight excluding hydrogens is 236 g/mol. The fourth-order valence-corrected chi connectivity index (χ4v) is 2.01. The summed E-state index contributed by atoms with van der Waals surface area (Å²) in [5, 5.41) is 3.14. The summed E-state index contributed by atoms with van der Waals surface area (Å²) in [5.41, 5.74) is 1.35. The zero-order chi connectivity index (χ0) is 13.2. The van der Waals surface area contributed by atoms with Gasteiger partial charge in [-0.1, -0.05) is 37.8 Å². The smallest absolute Gasteiger partial charge is 0.0594 e. The molecule has 0 amide bonds. The first-order valence-electron chi connectivity index (χ1n) is 7.53. The molecule has 1 saturated carbocycles. The highest BCUT2D eigenvalue weighted by molar-refractivity contribution is 5.25. The summed E-state index contributed by atoms with van der Waals surface area (Å²) < 4.78 is 5.32. The van der Waals surface area contributed by atoms with Crippen molar-refractivity contribution in [2.45, 2.75) is 32.1 Å². The quantitative estimate of drug-likeness (QED) is 0.846. The molecule has 3 heteroatoms. The first kappa shape index (κ1) is 14.4. The predicted molar refractivity (Wildman–Crippen MR) is 79.8 cm³/mol. The number of morpholine rings is 1. The van der Waals surface area contributed by atoms with E-state index in [0.29, 0.717) is 0 Å². The van der Waals surface area contributed by atoms with Crippen molar-refractivity contribution in [1.82, 2.24) is 10.2 Å². The van der Waals surface area contributed by atoms with E-state index in [-0.39, 0.29) is 0 Å². The van der Waals surface area contributed by atoms with Crippen LogP contribution in [0.4, 0.5) is 0 Å². The fraction of sp³-hybridized carbons (Fsp3) is 0.625. The number of hydrogen-bond acceptors (Lipinski definition) is 3. The lowest BCUT2D eigenvalue weighted by atomic mass is 10.0. The van der Waals surface area contributed by atoms with Crippen LogP contribution in [0.15, 0.2) is 36.2 Å². The van der Waals surface area contributed by atoms with Crippen LogP contribution in [0.25, 0.3) is 0 Å². The minimum absolute atomic E-state index is 0.884. The average Bonchev–Trinajstić information content (AvgIpc) is 2.64. The van der Waals surface area contributed by atoms with Crippen LogP contribution in [-0.2, 0) is 4.74 Å². The second-order valence-corrected chi connectivity index (χ2v) is 5.22. The van der Waals surface area contributed by atoms with E-state index in [1.165, 1.54) is 31.3 Å². The first-order valence-corrected chi connectivity index (χ1v) is 7.53. The van der Waals surface area contributed by atoms with Crippen LogP contribution in [0, 0.1) is 0 Å². The fourth-order valence-electron chi connectivity index (χ4n) is 2.01. The van der Waals surface area contributed by atoms with Gasteiger partial charge in [-0.2, -0.15) is 0 Å². The third-order valence-corrected chi connectivity index (χ3v) is 3.70. The average molecular weight is 262 g/mol. The molecule has 3 rings (SSSR count). The lowest BCUT2D eigenvalue weighted by Crippen LogP contribution is -2.36. The van der Waals surface area contributed by atoms with E-state index >= 15 is 0 Å². The van der Waals surface area contributed by atoms with Crippen LogP contribution in [0.1, 0.15) is 32.1 Å². The van der Waals surface area contributed by atoms with Crippen molar-refractivity contribution in [1.29, 1.82) is 0 Å². The largest absolute Gasteiger partial charge is 0.379 e. The highest BCUT2D eigenvalue weighted by Crippen LogP contribution is 2.15. The van der Waals surface area contributed by atoms with Crippen LogP contribution in [0.5, 0.6) is 0 Å². The van der Waals surface area contributed by atoms with E-state index in [1.807, 2.05) is 12.3 Å². The van der Waals surface area contributed by atoms with E-state index in [4.69, 9.17) is 4.74 Å². The minimum atomic E-state index is 0.884. The molecule has 0 atom stereocenters. The van der Waals surface area contributed by atoms with Gasteiger partial charge in [-0.25, -0.2) is 0 Å². The topological polar surface area (TPSA) is 24.5 Å². The Hall–Kier alpha value is -1.06. The molecule has 3 nitrogen and oxygen atoms in total. The molecule has 1 saturated heterocycles. The predicted octanol–water partition coefficient (Wildman–Crippen LogP) is 2.83. The van der Waals surface area contributed by atoms with Gasteiger partial charge in [-0.3, -0.25) is 4.90 Å². The maximum atomic E-state index is 5.32. The molecule has 0 bridgehead atoms. The SMILES string of the molecule is C1=CNC=C(CCN2CCOCC2)C=C1.C1CCC1. The van der Waals surface area contributed by atoms with Crippen molar-refractivity contribution in [3.63, 3.8) is 0 Å². The lowest BCUT2D eigenvalue weighted by molar-refractivity contribution is 0.0385. The molecule has 0 radical (unpaired) electrons. The number of nitrogens with zero attached hydrogens (tertiary/aromatic N) is 1. The van der Waals surface area contributed by atoms with Crippen molar-refractivity contribution in [2.24, 2.45) is 0 Å². The number of nitrogens with one attached hydrogen (secondary N) is 1. The lowest BCUT2D eigenvalue weighted by Gasteiger charge is -2.26. The summed E-state index contributed by atoms with van der Waals surface area (Å²) in [5.74, 6) is 0. The summed E-state index contributed by atoms with van der Waals surface area (Å²) >= 11 is 0. The molecule has 1 aliphatic carbocycles. The van der Waals surface area contributed by atoms with E-state index in [9.17, 15) is 0 Å². The van der Waals surface area contributed by atoms with Crippen molar-refractivity contribution in [3.05, 3.63) is 36.2 Å². The molecule has 3 aliphatic rings. The minimum Gasteiger partial charge on any atom is -0.379 e. The van der Waals surface area contributed by atoms with Gasteiger partial charge in [0.1, 0.15) is 0 Å². The molecule has 106 valence electrons. The molecule has 19 heavy (non-hydrogen) atoms. The third kappa shape index (κ3) is 6.08. The van der Waals surface area contributed by atoms with Crippen LogP contribution < -0.4 is 5.32 Å². The zero-order valence-electron chi connectivity index (χ0n) is 11.8. The molecule has 2 fully saturated rings. The Morgan fingerprint density at radius 1 is 1.05 bits per heavy atom. The van der Waals surface area contributed by atoms with Crippen molar-refractivity contribution >= 4 is 0 Å². The molecule has 0 aromatic carbocycles. The number of hydrogen-bond donors (Lipinski definition) is 1. The second-order valence-electron chi connectivity index (χ2n) is 5.22. The Morgan fingerprint density at radius 2 is 1.79 bits per heavy atom. The summed E-state index contributed by atoms with van der Waals surface area (Å²) in [4.78, 5) is 2.45. The van der Waals surface area contributed by atoms with Crippen LogP contribution >= 0.6 is 0 Å². The first-order chi connectivity index (χ1) is 9.45. The molecular formula is C16H26N2O. The van der Waals surface area contributed by atoms with E-state index < -0.39 is 0 Å². The number of ether oxygens (including phenoxy) is 1. The van der Waals surface area contributed by atoms with Gasteiger partial charge in [-0.15, -0.1) is 0 Å². The molecule has 0 spiro atoms. The Balaban J connectivity index is 0.000000284. The van der Waals surface area contributed by atoms with Crippen molar-refractivity contribution in [2.75, 3.05) is 32.8 Å². The third-order valence-electron chi connectivity index (χ3n) is 3.70. The summed E-state index contributed by atoms with van der Waals surface area (Å²) in [7, 11) is 0. The number of allylic oxidation sites excluding steroid dienone is 3. The monoisotopic (exact) mass is 262 g/mol. The normalized spacial score (nSPS) is 22.4. The molecule has 1 N–H and O–H groups in total. The molecule has 0 unspecified atom stereocenters. The Bertz CT molecular complexity index is 320. The standard InChI is InChI=1S/C12H18N2O.C4H8/c1-2-5-13-11-12(3-1)4-6-14-7-9-15-10-8-14;1-2-4-3-1/h1-3,5,11,13H,4,6-10H2;1-4H2. The highest BCUT2D eigenvalue weighted by atomic mass is 16.5. The zero-order valence-corrected chi connectivity index (χ0v) is 11.8. The van der Waals surface area contributed by atoms with Crippen LogP contribution in [-0.4, -0.2) is 37.7 Å². The van der Waals surface area contributed by atoms with Gasteiger partial charge in [0.25, 0.3) is 0 Å². The van der Waals surface area contributed by atoms with Gasteiger partial charge in [0.05, 0.1) is 13.2 Å². The highest BCUT2D eigenvalue weighted by Gasteiger charge is 2.09. The number of rotatable bonds is 3. The molecule has 0 aromatic heterocycles. The molecule has 2 heterocycles. The van der Waals surface area contributed by atoms with Gasteiger partial charge >= 0.3 is 0 Å². The second kappa shape index (κ2) is 8.94. The Kier molecular flexibility index (Phi) is 6.75. The van der Waals surface area contributed by atoms with Gasteiger partial charge in [-0.05, 0) is 18.1 Å². The maximum Gasteiger partial charge on any atom is 0.0594 e. The summed E-state index contributed by atoms with van der Waals surface area (Å²) in [6, 6.07) is 0. The van der Waals surface area contributed by atoms with Gasteiger partial charge in [0.15, 0.2) is 0 Å². The Labute approximate surface area is 117 Å². The molecule has 2 aliphatic heterocycles. The van der Waals surface area contributed by atoms with Gasteiger partial charge in [0.2, 0.25) is 0 Å². The van der Waals surface area contributed by atoms with Crippen molar-refractivity contribution in [3.8, 4) is 0 Å². The van der Waals surface area contributed by atoms with Crippen LogP contribution in [0.3, 0.4) is 0 Å². The maximum absolute atomic E-state index is 5.32. The summed E-state index contributed by atoms with van der Waals surface area (Å²) in [6.45, 7) is 5.04. The van der Waals surface area contributed by atoms with Gasteiger partial charge < -0.3 is 10.1 Å². The van der Waals surface area contributed by atoms with Gasteiger partial charge in [0, 0.05) is 32.0 Å². The van der Waals surface area contributed by atoms with Crippen LogP contribution in [0.2, 0.25) is 0 Å². The van der Waals surface area contributed by atoms with Crippen molar-refractivity contribution < 1.29 is 4.74 Å². The van der Waals surface area contributed by atoms with E-state index in [2.05, 4.69) is 28.6 Å². The van der Waals surface area contributed by atoms with E-state index in [1.54, 1.807) is 0 Å². The summed E-state index contributed by atoms with van der Waals surface area (Å²) in [6.07, 6.45) is 17.4. The molecule has 0 aromatic rings.